The van der Waals surface area contributed by atoms with Gasteiger partial charge in [0, 0.05) is 6.16 Å². The van der Waals surface area contributed by atoms with Gasteiger partial charge in [0.25, 0.3) is 0 Å². The highest BCUT2D eigenvalue weighted by Gasteiger charge is 2.48. The number of hydrogen-bond acceptors (Lipinski definition) is 2. The van der Waals surface area contributed by atoms with Crippen LogP contribution in [0.5, 0.6) is 0 Å². The van der Waals surface area contributed by atoms with Crippen LogP contribution in [0.15, 0.2) is 0 Å². The van der Waals surface area contributed by atoms with Gasteiger partial charge in [-0.15, -0.1) is 8.58 Å². The smallest absolute Gasteiger partial charge is 0.312 e. The minimum Gasteiger partial charge on any atom is -0.462 e. The Balaban J connectivity index is 2.81. The summed E-state index contributed by atoms with van der Waals surface area (Å²) in [6.07, 6.45) is 11.0. The van der Waals surface area contributed by atoms with Gasteiger partial charge in [-0.05, 0) is 49.6 Å². The lowest BCUT2D eigenvalue weighted by atomic mass is 9.61. The molecule has 0 bridgehead atoms. The normalized spacial score (nSPS) is 25.0. The second-order valence-corrected chi connectivity index (χ2v) is 11.5. The maximum absolute atomic E-state index is 13.2. The molecule has 1 saturated heterocycles. The molecule has 0 spiro atoms. The van der Waals surface area contributed by atoms with Crippen LogP contribution in [0.25, 0.3) is 0 Å². The van der Waals surface area contributed by atoms with Crippen LogP contribution >= 0.6 is 8.58 Å². The SMILES string of the molecule is CC(C)(C)CC(C)(C(=O)OC1CCCCCCCPC1)C(C)(C)C. The first-order valence-electron chi connectivity index (χ1n) is 9.87. The Labute approximate surface area is 152 Å². The molecule has 3 unspecified atom stereocenters. The topological polar surface area (TPSA) is 26.3 Å². The summed E-state index contributed by atoms with van der Waals surface area (Å²) in [6, 6.07) is 0. The maximum atomic E-state index is 13.2. The van der Waals surface area contributed by atoms with Crippen molar-refractivity contribution in [3.05, 3.63) is 0 Å². The van der Waals surface area contributed by atoms with Gasteiger partial charge in [0.2, 0.25) is 0 Å². The lowest BCUT2D eigenvalue weighted by Crippen LogP contribution is -2.45. The maximum Gasteiger partial charge on any atom is 0.312 e. The van der Waals surface area contributed by atoms with Gasteiger partial charge < -0.3 is 4.74 Å². The Morgan fingerprint density at radius 1 is 0.958 bits per heavy atom. The first-order valence-corrected chi connectivity index (χ1v) is 11.3. The van der Waals surface area contributed by atoms with Crippen molar-refractivity contribution in [2.24, 2.45) is 16.2 Å². The molecule has 1 aliphatic heterocycles. The second-order valence-electron chi connectivity index (χ2n) is 10.1. The molecular formula is C21H41O2P. The lowest BCUT2D eigenvalue weighted by Gasteiger charge is -2.44. The Morgan fingerprint density at radius 3 is 2.12 bits per heavy atom. The summed E-state index contributed by atoms with van der Waals surface area (Å²) in [6.45, 7) is 15.3. The van der Waals surface area contributed by atoms with E-state index in [1.807, 2.05) is 0 Å². The monoisotopic (exact) mass is 356 g/mol. The fourth-order valence-corrected chi connectivity index (χ4v) is 4.92. The summed E-state index contributed by atoms with van der Waals surface area (Å²) in [5, 5.41) is 0. The van der Waals surface area contributed by atoms with Crippen molar-refractivity contribution in [2.75, 3.05) is 12.3 Å². The van der Waals surface area contributed by atoms with Crippen molar-refractivity contribution in [1.82, 2.24) is 0 Å². The van der Waals surface area contributed by atoms with E-state index in [-0.39, 0.29) is 22.9 Å². The number of rotatable bonds is 3. The summed E-state index contributed by atoms with van der Waals surface area (Å²) in [4.78, 5) is 13.2. The number of hydrogen-bond donors (Lipinski definition) is 0. The zero-order chi connectivity index (χ0) is 18.4. The van der Waals surface area contributed by atoms with E-state index in [1.54, 1.807) is 0 Å². The van der Waals surface area contributed by atoms with Gasteiger partial charge in [0.1, 0.15) is 6.10 Å². The van der Waals surface area contributed by atoms with Crippen molar-refractivity contribution in [3.8, 4) is 0 Å². The van der Waals surface area contributed by atoms with Crippen molar-refractivity contribution < 1.29 is 9.53 Å². The van der Waals surface area contributed by atoms with Gasteiger partial charge in [-0.1, -0.05) is 60.8 Å². The molecule has 0 aromatic rings. The van der Waals surface area contributed by atoms with E-state index in [9.17, 15) is 4.79 Å². The highest BCUT2D eigenvalue weighted by Crippen LogP contribution is 2.47. The molecule has 0 N–H and O–H groups in total. The van der Waals surface area contributed by atoms with E-state index in [1.165, 1.54) is 38.3 Å². The predicted molar refractivity (Wildman–Crippen MR) is 107 cm³/mol. The minimum absolute atomic E-state index is 0.0248. The Hall–Kier alpha value is -0.100. The van der Waals surface area contributed by atoms with Crippen molar-refractivity contribution in [2.45, 2.75) is 99.5 Å². The largest absolute Gasteiger partial charge is 0.462 e. The Kier molecular flexibility index (Phi) is 8.24. The number of carbonyl (C=O) groups excluding carboxylic acids is 1. The van der Waals surface area contributed by atoms with Gasteiger partial charge >= 0.3 is 5.97 Å². The zero-order valence-electron chi connectivity index (χ0n) is 17.3. The molecule has 0 saturated carbocycles. The van der Waals surface area contributed by atoms with Crippen LogP contribution in [0.4, 0.5) is 0 Å². The molecule has 0 aromatic heterocycles. The lowest BCUT2D eigenvalue weighted by molar-refractivity contribution is -0.169. The first-order chi connectivity index (χ1) is 11.0. The molecule has 1 rings (SSSR count). The average molecular weight is 357 g/mol. The van der Waals surface area contributed by atoms with Crippen molar-refractivity contribution in [3.63, 3.8) is 0 Å². The van der Waals surface area contributed by atoms with E-state index in [2.05, 4.69) is 48.5 Å². The van der Waals surface area contributed by atoms with Crippen molar-refractivity contribution >= 4 is 14.6 Å². The molecule has 0 aliphatic carbocycles. The third kappa shape index (κ3) is 7.03. The molecule has 1 aliphatic rings. The number of carbonyl (C=O) groups is 1. The van der Waals surface area contributed by atoms with Gasteiger partial charge in [-0.25, -0.2) is 0 Å². The van der Waals surface area contributed by atoms with E-state index in [4.69, 9.17) is 4.74 Å². The molecular weight excluding hydrogens is 315 g/mol. The standard InChI is InChI=1S/C21H41O2P/c1-19(2,3)16-21(7,20(4,5)6)18(22)23-17-13-11-9-8-10-12-14-24-15-17/h17,24H,8-16H2,1-7H3. The summed E-state index contributed by atoms with van der Waals surface area (Å²) < 4.78 is 6.13. The quantitative estimate of drug-likeness (QED) is 0.431. The third-order valence-corrected chi connectivity index (χ3v) is 6.97. The fourth-order valence-electron chi connectivity index (χ4n) is 3.60. The molecule has 3 heteroatoms. The summed E-state index contributed by atoms with van der Waals surface area (Å²) in [5.74, 6) is 0.0248. The molecule has 24 heavy (non-hydrogen) atoms. The molecule has 1 fully saturated rings. The minimum atomic E-state index is -0.441. The van der Waals surface area contributed by atoms with E-state index >= 15 is 0 Å². The van der Waals surface area contributed by atoms with E-state index in [0.29, 0.717) is 0 Å². The molecule has 0 aromatic carbocycles. The first kappa shape index (κ1) is 21.9. The molecule has 0 radical (unpaired) electrons. The van der Waals surface area contributed by atoms with Crippen LogP contribution in [0.1, 0.15) is 93.4 Å². The number of esters is 1. The van der Waals surface area contributed by atoms with Crippen LogP contribution < -0.4 is 0 Å². The van der Waals surface area contributed by atoms with Crippen LogP contribution in [0.2, 0.25) is 0 Å². The second kappa shape index (κ2) is 9.02. The Bertz CT molecular complexity index is 382. The molecule has 142 valence electrons. The van der Waals surface area contributed by atoms with E-state index in [0.717, 1.165) is 27.6 Å². The summed E-state index contributed by atoms with van der Waals surface area (Å²) in [7, 11) is 0.945. The predicted octanol–water partition coefficient (Wildman–Crippen LogP) is 6.42. The zero-order valence-corrected chi connectivity index (χ0v) is 18.3. The van der Waals surface area contributed by atoms with Gasteiger partial charge in [0.05, 0.1) is 5.41 Å². The van der Waals surface area contributed by atoms with Crippen LogP contribution in [0, 0.1) is 16.2 Å². The summed E-state index contributed by atoms with van der Waals surface area (Å²) >= 11 is 0. The molecule has 2 nitrogen and oxygen atoms in total. The fraction of sp³-hybridized carbons (Fsp3) is 0.952. The van der Waals surface area contributed by atoms with Crippen LogP contribution in [-0.2, 0) is 9.53 Å². The van der Waals surface area contributed by atoms with Gasteiger partial charge in [0.15, 0.2) is 0 Å². The molecule has 1 heterocycles. The summed E-state index contributed by atoms with van der Waals surface area (Å²) in [5.41, 5.74) is -0.432. The molecule has 3 atom stereocenters. The Morgan fingerprint density at radius 2 is 1.54 bits per heavy atom. The average Bonchev–Trinajstić information content (AvgIpc) is 2.42. The van der Waals surface area contributed by atoms with Crippen molar-refractivity contribution in [1.29, 1.82) is 0 Å². The number of ether oxygens (including phenoxy) is 1. The highest BCUT2D eigenvalue weighted by molar-refractivity contribution is 7.38. The molecule has 0 amide bonds. The van der Waals surface area contributed by atoms with Gasteiger partial charge in [-0.2, -0.15) is 0 Å². The third-order valence-electron chi connectivity index (χ3n) is 5.52. The van der Waals surface area contributed by atoms with Gasteiger partial charge in [-0.3, -0.25) is 4.79 Å². The van der Waals surface area contributed by atoms with Crippen LogP contribution in [0.3, 0.4) is 0 Å². The highest BCUT2D eigenvalue weighted by atomic mass is 31.1. The van der Waals surface area contributed by atoms with Crippen LogP contribution in [-0.4, -0.2) is 24.4 Å². The van der Waals surface area contributed by atoms with E-state index < -0.39 is 5.41 Å².